The minimum atomic E-state index is -0.137. The van der Waals surface area contributed by atoms with E-state index >= 15 is 0 Å². The van der Waals surface area contributed by atoms with Crippen molar-refractivity contribution in [3.05, 3.63) is 64.4 Å². The number of halogens is 1. The minimum absolute atomic E-state index is 0.00828. The second-order valence-electron chi connectivity index (χ2n) is 5.18. The van der Waals surface area contributed by atoms with E-state index in [1.165, 1.54) is 6.20 Å². The molecule has 1 aliphatic heterocycles. The number of carbonyl (C=O) groups excluding carboxylic acids is 1. The first-order chi connectivity index (χ1) is 11.2. The number of hydrogen-bond acceptors (Lipinski definition) is 4. The molecule has 0 aliphatic carbocycles. The molecule has 0 N–H and O–H groups in total. The van der Waals surface area contributed by atoms with Crippen LogP contribution in [0.5, 0.6) is 0 Å². The van der Waals surface area contributed by atoms with E-state index in [-0.39, 0.29) is 11.9 Å². The predicted octanol–water partition coefficient (Wildman–Crippen LogP) is 3.54. The zero-order valence-electron chi connectivity index (χ0n) is 12.3. The van der Waals surface area contributed by atoms with Crippen LogP contribution < -0.4 is 0 Å². The molecule has 1 aromatic carbocycles. The number of nitrogens with zero attached hydrogens (tertiary/aromatic N) is 3. The molecule has 0 spiro atoms. The monoisotopic (exact) mass is 343 g/mol. The molecule has 3 rings (SSSR count). The molecule has 0 radical (unpaired) electrons. The van der Waals surface area contributed by atoms with Gasteiger partial charge in [0, 0.05) is 29.3 Å². The quantitative estimate of drug-likeness (QED) is 0.837. The van der Waals surface area contributed by atoms with Crippen molar-refractivity contribution < 1.29 is 4.79 Å². The molecular formula is C17H14ClN3OS. The van der Waals surface area contributed by atoms with Crippen LogP contribution in [0.2, 0.25) is 5.02 Å². The summed E-state index contributed by atoms with van der Waals surface area (Å²) >= 11 is 7.78. The highest BCUT2D eigenvalue weighted by atomic mass is 35.5. The molecule has 0 saturated carbocycles. The zero-order chi connectivity index (χ0) is 16.2. The molecule has 4 nitrogen and oxygen atoms in total. The number of pyridine rings is 1. The second-order valence-corrected chi connectivity index (χ2v) is 6.77. The molecular weight excluding hydrogens is 330 g/mol. The van der Waals surface area contributed by atoms with Gasteiger partial charge in [-0.1, -0.05) is 23.7 Å². The first-order valence-corrected chi connectivity index (χ1v) is 8.72. The summed E-state index contributed by atoms with van der Waals surface area (Å²) in [7, 11) is 0. The first-order valence-electron chi connectivity index (χ1n) is 7.19. The molecule has 2 heterocycles. The zero-order valence-corrected chi connectivity index (χ0v) is 13.8. The van der Waals surface area contributed by atoms with Gasteiger partial charge in [-0.05, 0) is 29.8 Å². The van der Waals surface area contributed by atoms with Gasteiger partial charge in [0.15, 0.2) is 0 Å². The van der Waals surface area contributed by atoms with Crippen LogP contribution in [0, 0.1) is 11.3 Å². The fourth-order valence-electron chi connectivity index (χ4n) is 2.57. The third kappa shape index (κ3) is 3.49. The Balaban J connectivity index is 1.90. The van der Waals surface area contributed by atoms with Crippen LogP contribution in [0.25, 0.3) is 0 Å². The Labute approximate surface area is 144 Å². The van der Waals surface area contributed by atoms with Crippen molar-refractivity contribution in [1.82, 2.24) is 9.88 Å². The number of rotatable bonds is 2. The maximum absolute atomic E-state index is 12.8. The van der Waals surface area contributed by atoms with Gasteiger partial charge in [0.1, 0.15) is 5.69 Å². The molecule has 116 valence electrons. The van der Waals surface area contributed by atoms with Crippen molar-refractivity contribution in [3.8, 4) is 6.07 Å². The molecule has 1 saturated heterocycles. The molecule has 0 bridgehead atoms. The standard InChI is InChI=1S/C17H14ClN3OS/c18-14-3-1-13(2-4-14)16-11-23-8-7-21(16)17(22)15-9-12(10-19)5-6-20-15/h1-6,9,16H,7-8,11H2/t16-/m0/s1. The third-order valence-electron chi connectivity index (χ3n) is 3.75. The Morgan fingerprint density at radius 2 is 2.13 bits per heavy atom. The Morgan fingerprint density at radius 3 is 2.87 bits per heavy atom. The van der Waals surface area contributed by atoms with Gasteiger partial charge in [-0.25, -0.2) is 0 Å². The highest BCUT2D eigenvalue weighted by molar-refractivity contribution is 7.99. The Bertz CT molecular complexity index is 757. The van der Waals surface area contributed by atoms with E-state index in [4.69, 9.17) is 16.9 Å². The summed E-state index contributed by atoms with van der Waals surface area (Å²) < 4.78 is 0. The van der Waals surface area contributed by atoms with E-state index in [0.29, 0.717) is 22.8 Å². The van der Waals surface area contributed by atoms with Crippen LogP contribution in [0.3, 0.4) is 0 Å². The third-order valence-corrected chi connectivity index (χ3v) is 5.03. The summed E-state index contributed by atoms with van der Waals surface area (Å²) in [6.45, 7) is 0.662. The molecule has 6 heteroatoms. The van der Waals surface area contributed by atoms with Gasteiger partial charge in [0.2, 0.25) is 0 Å². The van der Waals surface area contributed by atoms with Crippen LogP contribution in [0.15, 0.2) is 42.6 Å². The van der Waals surface area contributed by atoms with Crippen molar-refractivity contribution >= 4 is 29.3 Å². The first kappa shape index (κ1) is 15.9. The van der Waals surface area contributed by atoms with Crippen LogP contribution in [-0.2, 0) is 0 Å². The Hall–Kier alpha value is -2.03. The lowest BCUT2D eigenvalue weighted by molar-refractivity contribution is 0.0695. The highest BCUT2D eigenvalue weighted by Gasteiger charge is 2.29. The molecule has 1 aliphatic rings. The second kappa shape index (κ2) is 7.03. The van der Waals surface area contributed by atoms with Gasteiger partial charge < -0.3 is 4.90 Å². The summed E-state index contributed by atoms with van der Waals surface area (Å²) in [6, 6.07) is 12.8. The summed E-state index contributed by atoms with van der Waals surface area (Å²) in [5, 5.41) is 9.67. The van der Waals surface area contributed by atoms with E-state index in [1.807, 2.05) is 47.0 Å². The van der Waals surface area contributed by atoms with Gasteiger partial charge in [-0.2, -0.15) is 17.0 Å². The number of nitriles is 1. The van der Waals surface area contributed by atoms with Crippen molar-refractivity contribution in [2.75, 3.05) is 18.1 Å². The van der Waals surface area contributed by atoms with E-state index in [1.54, 1.807) is 12.1 Å². The van der Waals surface area contributed by atoms with Gasteiger partial charge in [-0.15, -0.1) is 0 Å². The predicted molar refractivity (Wildman–Crippen MR) is 91.5 cm³/mol. The topological polar surface area (TPSA) is 57.0 Å². The lowest BCUT2D eigenvalue weighted by Crippen LogP contribution is -2.41. The molecule has 1 amide bonds. The van der Waals surface area contributed by atoms with Crippen LogP contribution in [0.1, 0.15) is 27.7 Å². The minimum Gasteiger partial charge on any atom is -0.329 e. The van der Waals surface area contributed by atoms with E-state index in [2.05, 4.69) is 4.98 Å². The summed E-state index contributed by atoms with van der Waals surface area (Å²) in [6.07, 6.45) is 1.50. The average molecular weight is 344 g/mol. The molecule has 23 heavy (non-hydrogen) atoms. The van der Waals surface area contributed by atoms with Crippen molar-refractivity contribution in [2.24, 2.45) is 0 Å². The Morgan fingerprint density at radius 1 is 1.35 bits per heavy atom. The van der Waals surface area contributed by atoms with Crippen molar-refractivity contribution in [2.45, 2.75) is 6.04 Å². The summed E-state index contributed by atoms with van der Waals surface area (Å²) in [5.74, 6) is 1.60. The van der Waals surface area contributed by atoms with E-state index < -0.39 is 0 Å². The number of thioether (sulfide) groups is 1. The van der Waals surface area contributed by atoms with Crippen LogP contribution in [-0.4, -0.2) is 33.8 Å². The van der Waals surface area contributed by atoms with Gasteiger partial charge in [0.05, 0.1) is 17.7 Å². The van der Waals surface area contributed by atoms with E-state index in [9.17, 15) is 4.79 Å². The fourth-order valence-corrected chi connectivity index (χ4v) is 3.79. The number of benzene rings is 1. The fraction of sp³-hybridized carbons (Fsp3) is 0.235. The number of amides is 1. The normalized spacial score (nSPS) is 17.6. The largest absolute Gasteiger partial charge is 0.329 e. The SMILES string of the molecule is N#Cc1ccnc(C(=O)N2CCSC[C@H]2c2ccc(Cl)cc2)c1. The van der Waals surface area contributed by atoms with Crippen molar-refractivity contribution in [3.63, 3.8) is 0 Å². The molecule has 1 fully saturated rings. The number of hydrogen-bond donors (Lipinski definition) is 0. The van der Waals surface area contributed by atoms with Gasteiger partial charge in [0.25, 0.3) is 5.91 Å². The maximum atomic E-state index is 12.8. The van der Waals surface area contributed by atoms with Crippen molar-refractivity contribution in [1.29, 1.82) is 5.26 Å². The maximum Gasteiger partial charge on any atom is 0.273 e. The van der Waals surface area contributed by atoms with Crippen LogP contribution >= 0.6 is 23.4 Å². The molecule has 1 aromatic heterocycles. The lowest BCUT2D eigenvalue weighted by atomic mass is 10.1. The van der Waals surface area contributed by atoms with Gasteiger partial charge >= 0.3 is 0 Å². The Kier molecular flexibility index (Phi) is 4.85. The molecule has 1 atom stereocenters. The van der Waals surface area contributed by atoms with E-state index in [0.717, 1.165) is 17.1 Å². The summed E-state index contributed by atoms with van der Waals surface area (Å²) in [5.41, 5.74) is 1.82. The highest BCUT2D eigenvalue weighted by Crippen LogP contribution is 2.31. The smallest absolute Gasteiger partial charge is 0.273 e. The lowest BCUT2D eigenvalue weighted by Gasteiger charge is -2.35. The molecule has 2 aromatic rings. The molecule has 0 unspecified atom stereocenters. The van der Waals surface area contributed by atoms with Gasteiger partial charge in [-0.3, -0.25) is 9.78 Å². The van der Waals surface area contributed by atoms with Crippen LogP contribution in [0.4, 0.5) is 0 Å². The number of aromatic nitrogens is 1. The number of carbonyl (C=O) groups is 1. The summed E-state index contributed by atoms with van der Waals surface area (Å²) in [4.78, 5) is 18.8. The average Bonchev–Trinajstić information content (AvgIpc) is 2.62.